The number of amides is 1. The zero-order chi connectivity index (χ0) is 13.0. The van der Waals surface area contributed by atoms with E-state index in [0.717, 1.165) is 39.3 Å². The topological polar surface area (TPSA) is 58.8 Å². The van der Waals surface area contributed by atoms with Crippen molar-refractivity contribution in [2.75, 3.05) is 53.0 Å². The van der Waals surface area contributed by atoms with Crippen molar-refractivity contribution in [3.63, 3.8) is 0 Å². The predicted octanol–water partition coefficient (Wildman–Crippen LogP) is -0.238. The van der Waals surface area contributed by atoms with Gasteiger partial charge < -0.3 is 20.3 Å². The lowest BCUT2D eigenvalue weighted by Gasteiger charge is -2.21. The molecule has 0 saturated carbocycles. The number of carbonyl (C=O) groups excluding carboxylic acids is 1. The zero-order valence-corrected chi connectivity index (χ0v) is 11.3. The van der Waals surface area contributed by atoms with E-state index in [1.807, 2.05) is 4.90 Å². The van der Waals surface area contributed by atoms with Gasteiger partial charge in [-0.25, -0.2) is 0 Å². The fraction of sp³-hybridized carbons (Fsp3) is 0.923. The second-order valence-electron chi connectivity index (χ2n) is 5.55. The number of ether oxygens (including phenoxy) is 1. The summed E-state index contributed by atoms with van der Waals surface area (Å²) in [6.07, 6.45) is 1.84. The summed E-state index contributed by atoms with van der Waals surface area (Å²) in [5.74, 6) is 1.30. The van der Waals surface area contributed by atoms with Crippen LogP contribution in [0.1, 0.15) is 12.8 Å². The Kier molecular flexibility index (Phi) is 4.97. The van der Waals surface area contributed by atoms with Gasteiger partial charge in [-0.05, 0) is 31.3 Å². The van der Waals surface area contributed by atoms with Gasteiger partial charge in [-0.2, -0.15) is 0 Å². The van der Waals surface area contributed by atoms with E-state index in [1.165, 1.54) is 6.42 Å². The lowest BCUT2D eigenvalue weighted by atomic mass is 10.1. The third-order valence-electron chi connectivity index (χ3n) is 4.09. The molecule has 0 aliphatic carbocycles. The first-order valence-electron chi connectivity index (χ1n) is 6.92. The minimum absolute atomic E-state index is 0.292. The molecule has 5 nitrogen and oxygen atoms in total. The summed E-state index contributed by atoms with van der Waals surface area (Å²) in [6.45, 7) is 6.45. The summed E-state index contributed by atoms with van der Waals surface area (Å²) in [5, 5.41) is 0. The summed E-state index contributed by atoms with van der Waals surface area (Å²) >= 11 is 0. The number of hydrogen-bond acceptors (Lipinski definition) is 4. The second-order valence-corrected chi connectivity index (χ2v) is 5.55. The fourth-order valence-electron chi connectivity index (χ4n) is 2.99. The molecule has 2 atom stereocenters. The van der Waals surface area contributed by atoms with Gasteiger partial charge in [-0.15, -0.1) is 0 Å². The van der Waals surface area contributed by atoms with Gasteiger partial charge in [0.2, 0.25) is 5.91 Å². The average Bonchev–Trinajstić information content (AvgIpc) is 2.95. The molecule has 0 aromatic carbocycles. The van der Waals surface area contributed by atoms with Crippen LogP contribution in [0.4, 0.5) is 0 Å². The van der Waals surface area contributed by atoms with Crippen LogP contribution >= 0.6 is 0 Å². The lowest BCUT2D eigenvalue weighted by molar-refractivity contribution is -0.128. The Morgan fingerprint density at radius 2 is 2.22 bits per heavy atom. The molecule has 2 fully saturated rings. The summed E-state index contributed by atoms with van der Waals surface area (Å²) in [6, 6.07) is 0. The maximum atomic E-state index is 11.8. The smallest absolute Gasteiger partial charge is 0.222 e. The molecule has 104 valence electrons. The molecule has 2 aliphatic rings. The van der Waals surface area contributed by atoms with Gasteiger partial charge in [0.05, 0.1) is 6.61 Å². The molecule has 0 aromatic rings. The van der Waals surface area contributed by atoms with Crippen LogP contribution in [0.3, 0.4) is 0 Å². The van der Waals surface area contributed by atoms with E-state index in [-0.39, 0.29) is 0 Å². The third-order valence-corrected chi connectivity index (χ3v) is 4.09. The van der Waals surface area contributed by atoms with Crippen molar-refractivity contribution in [2.24, 2.45) is 17.6 Å². The molecule has 2 unspecified atom stereocenters. The molecular weight excluding hydrogens is 230 g/mol. The molecule has 2 saturated heterocycles. The van der Waals surface area contributed by atoms with E-state index in [2.05, 4.69) is 4.90 Å². The summed E-state index contributed by atoms with van der Waals surface area (Å²) in [5.41, 5.74) is 5.64. The number of hydrogen-bond donors (Lipinski definition) is 1. The highest BCUT2D eigenvalue weighted by Crippen LogP contribution is 2.22. The SMILES string of the molecule is COCCN1CCC(CN2CC(CN)CC2=O)C1. The molecule has 0 bridgehead atoms. The summed E-state index contributed by atoms with van der Waals surface area (Å²) in [7, 11) is 1.74. The Hall–Kier alpha value is -0.650. The number of nitrogens with zero attached hydrogens (tertiary/aromatic N) is 2. The van der Waals surface area contributed by atoms with Crippen LogP contribution in [0.5, 0.6) is 0 Å². The van der Waals surface area contributed by atoms with Crippen molar-refractivity contribution < 1.29 is 9.53 Å². The number of carbonyl (C=O) groups is 1. The molecule has 2 heterocycles. The van der Waals surface area contributed by atoms with E-state index in [4.69, 9.17) is 10.5 Å². The Bertz CT molecular complexity index is 285. The van der Waals surface area contributed by atoms with E-state index in [0.29, 0.717) is 30.7 Å². The van der Waals surface area contributed by atoms with Gasteiger partial charge in [0.15, 0.2) is 0 Å². The maximum Gasteiger partial charge on any atom is 0.222 e. The highest BCUT2D eigenvalue weighted by molar-refractivity contribution is 5.78. The van der Waals surface area contributed by atoms with Crippen LogP contribution in [0.2, 0.25) is 0 Å². The van der Waals surface area contributed by atoms with Crippen molar-refractivity contribution in [2.45, 2.75) is 12.8 Å². The Balaban J connectivity index is 1.73. The second kappa shape index (κ2) is 6.50. The lowest BCUT2D eigenvalue weighted by Crippen LogP contribution is -2.33. The monoisotopic (exact) mass is 255 g/mol. The van der Waals surface area contributed by atoms with Crippen molar-refractivity contribution in [3.05, 3.63) is 0 Å². The van der Waals surface area contributed by atoms with Gasteiger partial charge in [0.25, 0.3) is 0 Å². The number of methoxy groups -OCH3 is 1. The molecule has 2 rings (SSSR count). The quantitative estimate of drug-likeness (QED) is 0.712. The molecule has 18 heavy (non-hydrogen) atoms. The van der Waals surface area contributed by atoms with E-state index < -0.39 is 0 Å². The van der Waals surface area contributed by atoms with Crippen LogP contribution in [0.15, 0.2) is 0 Å². The van der Waals surface area contributed by atoms with Gasteiger partial charge in [0, 0.05) is 39.7 Å². The van der Waals surface area contributed by atoms with E-state index in [9.17, 15) is 4.79 Å². The third kappa shape index (κ3) is 3.43. The van der Waals surface area contributed by atoms with Crippen molar-refractivity contribution in [1.29, 1.82) is 0 Å². The van der Waals surface area contributed by atoms with Crippen LogP contribution in [-0.4, -0.2) is 68.7 Å². The Morgan fingerprint density at radius 3 is 2.89 bits per heavy atom. The first-order chi connectivity index (χ1) is 8.72. The average molecular weight is 255 g/mol. The molecule has 1 amide bonds. The first kappa shape index (κ1) is 13.8. The normalized spacial score (nSPS) is 29.4. The minimum Gasteiger partial charge on any atom is -0.383 e. The van der Waals surface area contributed by atoms with Crippen LogP contribution in [0.25, 0.3) is 0 Å². The molecule has 2 N–H and O–H groups in total. The standard InChI is InChI=1S/C13H25N3O2/c1-18-5-4-15-3-2-11(8-15)9-16-10-12(7-14)6-13(16)17/h11-12H,2-10,14H2,1H3. The molecule has 0 aromatic heterocycles. The molecule has 0 spiro atoms. The highest BCUT2D eigenvalue weighted by Gasteiger charge is 2.32. The van der Waals surface area contributed by atoms with Gasteiger partial charge in [0.1, 0.15) is 0 Å². The van der Waals surface area contributed by atoms with Crippen LogP contribution in [0, 0.1) is 11.8 Å². The largest absolute Gasteiger partial charge is 0.383 e. The molecule has 5 heteroatoms. The molecule has 2 aliphatic heterocycles. The van der Waals surface area contributed by atoms with E-state index >= 15 is 0 Å². The van der Waals surface area contributed by atoms with Crippen LogP contribution in [-0.2, 0) is 9.53 Å². The number of rotatable bonds is 6. The molecule has 0 radical (unpaired) electrons. The first-order valence-corrected chi connectivity index (χ1v) is 6.92. The zero-order valence-electron chi connectivity index (χ0n) is 11.3. The summed E-state index contributed by atoms with van der Waals surface area (Å²) < 4.78 is 5.10. The number of nitrogens with two attached hydrogens (primary N) is 1. The van der Waals surface area contributed by atoms with Gasteiger partial charge >= 0.3 is 0 Å². The Labute approximate surface area is 109 Å². The Morgan fingerprint density at radius 1 is 1.39 bits per heavy atom. The fourth-order valence-corrected chi connectivity index (χ4v) is 2.99. The maximum absolute atomic E-state index is 11.8. The van der Waals surface area contributed by atoms with Crippen LogP contribution < -0.4 is 5.73 Å². The summed E-state index contributed by atoms with van der Waals surface area (Å²) in [4.78, 5) is 16.3. The van der Waals surface area contributed by atoms with Gasteiger partial charge in [-0.1, -0.05) is 0 Å². The van der Waals surface area contributed by atoms with Crippen molar-refractivity contribution in [1.82, 2.24) is 9.80 Å². The predicted molar refractivity (Wildman–Crippen MR) is 70.2 cm³/mol. The highest BCUT2D eigenvalue weighted by atomic mass is 16.5. The van der Waals surface area contributed by atoms with Crippen molar-refractivity contribution >= 4 is 5.91 Å². The molecular formula is C13H25N3O2. The van der Waals surface area contributed by atoms with Crippen molar-refractivity contribution in [3.8, 4) is 0 Å². The minimum atomic E-state index is 0.292. The van der Waals surface area contributed by atoms with Gasteiger partial charge in [-0.3, -0.25) is 4.79 Å². The van der Waals surface area contributed by atoms with E-state index in [1.54, 1.807) is 7.11 Å². The number of likely N-dealkylation sites (tertiary alicyclic amines) is 2.